The van der Waals surface area contributed by atoms with Gasteiger partial charge >= 0.3 is 7.12 Å². The van der Waals surface area contributed by atoms with Crippen molar-refractivity contribution in [3.8, 4) is 11.5 Å². The second kappa shape index (κ2) is 15.6. The van der Waals surface area contributed by atoms with Gasteiger partial charge in [-0.2, -0.15) is 0 Å². The number of ether oxygens (including phenoxy) is 1. The average molecular weight is 718 g/mol. The van der Waals surface area contributed by atoms with Crippen LogP contribution in [-0.4, -0.2) is 46.8 Å². The molecule has 3 heterocycles. The second-order valence-electron chi connectivity index (χ2n) is 14.0. The molecule has 2 aliphatic heterocycles. The minimum atomic E-state index is -1.13. The Morgan fingerprint density at radius 3 is 2.30 bits per heavy atom. The standard InChI is InChI=1S/C44H40BN3O6/c49-39-17-8-7-11-30(39)25-29(38-16-9-10-24-46-38)18-23-40-41-31(28-53-35-14-5-2-6-15-35)26-36-42(37(41)27-45(52)54-40)44(51)48(43(36)50)34-21-19-33(20-22-34)47-32-12-3-1-4-13-32/h1-17,19-22,24-25,36-37,40,42,47,49,52H,18,23,26-28H2/b29-25-/t36-,37+,40-,42-/m1/s1. The molecule has 5 aromatic rings. The molecule has 0 bridgehead atoms. The highest BCUT2D eigenvalue weighted by atomic mass is 16.5. The quantitative estimate of drug-likeness (QED) is 0.0716. The Balaban J connectivity index is 1.11. The molecular formula is C44H40BN3O6. The van der Waals surface area contributed by atoms with E-state index in [0.717, 1.165) is 33.8 Å². The van der Waals surface area contributed by atoms with Crippen molar-refractivity contribution < 1.29 is 29.1 Å². The highest BCUT2D eigenvalue weighted by molar-refractivity contribution is 6.43. The third-order valence-electron chi connectivity index (χ3n) is 10.6. The molecule has 4 atom stereocenters. The molecule has 1 aromatic heterocycles. The second-order valence-corrected chi connectivity index (χ2v) is 14.0. The summed E-state index contributed by atoms with van der Waals surface area (Å²) in [5.41, 5.74) is 6.43. The summed E-state index contributed by atoms with van der Waals surface area (Å²) in [5, 5.41) is 25.2. The monoisotopic (exact) mass is 717 g/mol. The van der Waals surface area contributed by atoms with Crippen LogP contribution < -0.4 is 15.0 Å². The van der Waals surface area contributed by atoms with E-state index in [-0.39, 0.29) is 30.5 Å². The highest BCUT2D eigenvalue weighted by Crippen LogP contribution is 2.51. The molecule has 0 spiro atoms. The normalized spacial score (nSPS) is 21.2. The van der Waals surface area contributed by atoms with Crippen LogP contribution in [0.2, 0.25) is 6.32 Å². The maximum Gasteiger partial charge on any atom is 0.455 e. The number of carbonyl (C=O) groups excluding carboxylic acids is 2. The van der Waals surface area contributed by atoms with Gasteiger partial charge in [-0.25, -0.2) is 0 Å². The molecule has 10 heteroatoms. The van der Waals surface area contributed by atoms with Gasteiger partial charge in [0.05, 0.1) is 29.3 Å². The van der Waals surface area contributed by atoms with E-state index < -0.39 is 31.0 Å². The van der Waals surface area contributed by atoms with E-state index in [1.165, 1.54) is 4.90 Å². The number of imide groups is 1. The summed E-state index contributed by atoms with van der Waals surface area (Å²) in [4.78, 5) is 34.6. The zero-order valence-electron chi connectivity index (χ0n) is 29.6. The number of rotatable bonds is 11. The van der Waals surface area contributed by atoms with Crippen molar-refractivity contribution in [2.45, 2.75) is 31.7 Å². The van der Waals surface area contributed by atoms with Gasteiger partial charge in [-0.3, -0.25) is 19.5 Å². The molecule has 2 fully saturated rings. The number of aromatic nitrogens is 1. The summed E-state index contributed by atoms with van der Waals surface area (Å²) in [6, 6.07) is 39.5. The molecular weight excluding hydrogens is 677 g/mol. The van der Waals surface area contributed by atoms with Crippen LogP contribution in [0.1, 0.15) is 30.5 Å². The molecule has 3 N–H and O–H groups in total. The molecule has 2 saturated heterocycles. The highest BCUT2D eigenvalue weighted by Gasteiger charge is 2.57. The number of amides is 2. The SMILES string of the molecule is O=C1[C@@H]2[C@@H](CC(COc3ccccc3)=C3[C@@H](CC/C(=C/c4ccccc4O)c4ccccn4)OB(O)C[C@@H]32)C(=O)N1c1ccc(Nc2ccccc2)cc1. The van der Waals surface area contributed by atoms with Crippen LogP contribution in [0.15, 0.2) is 145 Å². The molecule has 3 aliphatic rings. The first-order valence-corrected chi connectivity index (χ1v) is 18.4. The molecule has 270 valence electrons. The Bertz CT molecular complexity index is 2180. The Labute approximate surface area is 314 Å². The molecule has 2 amide bonds. The number of fused-ring (bicyclic) bond motifs is 3. The number of hydrogen-bond acceptors (Lipinski definition) is 8. The lowest BCUT2D eigenvalue weighted by Gasteiger charge is -2.43. The van der Waals surface area contributed by atoms with Crippen molar-refractivity contribution in [2.24, 2.45) is 17.8 Å². The van der Waals surface area contributed by atoms with E-state index in [9.17, 15) is 19.7 Å². The van der Waals surface area contributed by atoms with Crippen molar-refractivity contribution >= 4 is 47.6 Å². The van der Waals surface area contributed by atoms with E-state index in [4.69, 9.17) is 9.39 Å². The first-order chi connectivity index (χ1) is 26.4. The van der Waals surface area contributed by atoms with Gasteiger partial charge < -0.3 is 24.8 Å². The summed E-state index contributed by atoms with van der Waals surface area (Å²) < 4.78 is 12.6. The number of nitrogens with zero attached hydrogens (tertiary/aromatic N) is 2. The predicted molar refractivity (Wildman–Crippen MR) is 210 cm³/mol. The number of phenols is 1. The molecule has 0 saturated carbocycles. The minimum Gasteiger partial charge on any atom is -0.507 e. The largest absolute Gasteiger partial charge is 0.507 e. The Kier molecular flexibility index (Phi) is 10.1. The topological polar surface area (TPSA) is 121 Å². The van der Waals surface area contributed by atoms with Crippen LogP contribution >= 0.6 is 0 Å². The number of phenolic OH excluding ortho intramolecular Hbond substituents is 1. The van der Waals surface area contributed by atoms with Crippen LogP contribution in [-0.2, 0) is 14.2 Å². The van der Waals surface area contributed by atoms with Gasteiger partial charge in [0, 0.05) is 23.1 Å². The Morgan fingerprint density at radius 2 is 1.56 bits per heavy atom. The minimum absolute atomic E-state index is 0.160. The number of aromatic hydroxyl groups is 1. The molecule has 54 heavy (non-hydrogen) atoms. The van der Waals surface area contributed by atoms with E-state index in [1.807, 2.05) is 109 Å². The molecule has 0 unspecified atom stereocenters. The van der Waals surface area contributed by atoms with Crippen LogP contribution in [0.4, 0.5) is 17.1 Å². The number of hydrogen-bond donors (Lipinski definition) is 3. The van der Waals surface area contributed by atoms with Crippen LogP contribution in [0.5, 0.6) is 11.5 Å². The first kappa shape index (κ1) is 35.1. The number of anilines is 3. The van der Waals surface area contributed by atoms with Crippen LogP contribution in [0.25, 0.3) is 11.6 Å². The number of allylic oxidation sites excluding steroid dienone is 1. The van der Waals surface area contributed by atoms with E-state index in [2.05, 4.69) is 10.3 Å². The third-order valence-corrected chi connectivity index (χ3v) is 10.6. The number of nitrogens with one attached hydrogen (secondary N) is 1. The number of benzene rings is 4. The lowest BCUT2D eigenvalue weighted by atomic mass is 9.58. The van der Waals surface area contributed by atoms with Gasteiger partial charge in [0.25, 0.3) is 0 Å². The Morgan fingerprint density at radius 1 is 0.852 bits per heavy atom. The maximum atomic E-state index is 14.4. The fourth-order valence-electron chi connectivity index (χ4n) is 8.13. The van der Waals surface area contributed by atoms with Gasteiger partial charge in [-0.1, -0.05) is 60.7 Å². The van der Waals surface area contributed by atoms with E-state index in [1.54, 1.807) is 30.5 Å². The average Bonchev–Trinajstić information content (AvgIpc) is 3.45. The summed E-state index contributed by atoms with van der Waals surface area (Å²) in [7, 11) is -1.13. The molecule has 9 nitrogen and oxygen atoms in total. The molecule has 4 aromatic carbocycles. The number of carbonyl (C=O) groups is 2. The number of pyridine rings is 1. The molecule has 1 aliphatic carbocycles. The van der Waals surface area contributed by atoms with Gasteiger partial charge in [0.2, 0.25) is 11.8 Å². The fraction of sp³-hybridized carbons (Fsp3) is 0.205. The number of para-hydroxylation sites is 3. The summed E-state index contributed by atoms with van der Waals surface area (Å²) in [5.74, 6) is -1.32. The van der Waals surface area contributed by atoms with E-state index >= 15 is 0 Å². The predicted octanol–water partition coefficient (Wildman–Crippen LogP) is 7.93. The zero-order chi connectivity index (χ0) is 37.0. The zero-order valence-corrected chi connectivity index (χ0v) is 29.6. The van der Waals surface area contributed by atoms with Gasteiger partial charge in [-0.05, 0) is 121 Å². The van der Waals surface area contributed by atoms with Crippen molar-refractivity contribution in [1.82, 2.24) is 4.98 Å². The van der Waals surface area contributed by atoms with Crippen molar-refractivity contribution in [3.63, 3.8) is 0 Å². The smallest absolute Gasteiger partial charge is 0.455 e. The van der Waals surface area contributed by atoms with Crippen molar-refractivity contribution in [2.75, 3.05) is 16.8 Å². The molecule has 0 radical (unpaired) electrons. The fourth-order valence-corrected chi connectivity index (χ4v) is 8.13. The summed E-state index contributed by atoms with van der Waals surface area (Å²) >= 11 is 0. The Hall–Kier alpha value is -5.97. The third kappa shape index (κ3) is 7.31. The first-order valence-electron chi connectivity index (χ1n) is 18.4. The van der Waals surface area contributed by atoms with Crippen molar-refractivity contribution in [1.29, 1.82) is 0 Å². The van der Waals surface area contributed by atoms with Crippen LogP contribution in [0, 0.1) is 17.8 Å². The lowest BCUT2D eigenvalue weighted by molar-refractivity contribution is -0.122. The molecule has 8 rings (SSSR count). The summed E-state index contributed by atoms with van der Waals surface area (Å²) in [6.45, 7) is 0.219. The summed E-state index contributed by atoms with van der Waals surface area (Å²) in [6.07, 6.45) is 4.61. The van der Waals surface area contributed by atoms with E-state index in [0.29, 0.717) is 36.3 Å². The lowest BCUT2D eigenvalue weighted by Crippen LogP contribution is -2.46. The van der Waals surface area contributed by atoms with Gasteiger partial charge in [-0.15, -0.1) is 0 Å². The van der Waals surface area contributed by atoms with Gasteiger partial charge in [0.1, 0.15) is 18.1 Å². The maximum absolute atomic E-state index is 14.4. The van der Waals surface area contributed by atoms with Gasteiger partial charge in [0.15, 0.2) is 0 Å². The van der Waals surface area contributed by atoms with Crippen molar-refractivity contribution in [3.05, 3.63) is 156 Å². The van der Waals surface area contributed by atoms with Crippen LogP contribution in [0.3, 0.4) is 0 Å².